The Bertz CT molecular complexity index is 855. The predicted molar refractivity (Wildman–Crippen MR) is 94.2 cm³/mol. The lowest BCUT2D eigenvalue weighted by molar-refractivity contribution is 0.0520. The van der Waals surface area contributed by atoms with Crippen molar-refractivity contribution in [2.45, 2.75) is 6.92 Å². The Hall–Kier alpha value is -3.21. The molecule has 0 radical (unpaired) electrons. The maximum absolute atomic E-state index is 12.3. The van der Waals surface area contributed by atoms with Crippen molar-refractivity contribution in [2.75, 3.05) is 6.61 Å². The smallest absolute Gasteiger partial charge is 0.361 e. The van der Waals surface area contributed by atoms with Crippen molar-refractivity contribution in [3.8, 4) is 16.9 Å². The van der Waals surface area contributed by atoms with E-state index in [4.69, 9.17) is 4.74 Å². The van der Waals surface area contributed by atoms with Gasteiger partial charge in [0.2, 0.25) is 0 Å². The minimum atomic E-state index is -0.508. The number of aromatic nitrogens is 2. The van der Waals surface area contributed by atoms with Crippen molar-refractivity contribution >= 4 is 18.4 Å². The van der Waals surface area contributed by atoms with Gasteiger partial charge in [-0.2, -0.15) is 5.10 Å². The molecule has 0 unspecified atom stereocenters. The molecule has 0 atom stereocenters. The van der Waals surface area contributed by atoms with Crippen molar-refractivity contribution in [3.05, 3.63) is 66.4 Å². The minimum Gasteiger partial charge on any atom is -0.461 e. The number of benzene rings is 2. The highest BCUT2D eigenvalue weighted by atomic mass is 16.5. The number of carbonyl (C=O) groups excluding carboxylic acids is 1. The third-order valence-corrected chi connectivity index (χ3v) is 3.54. The molecule has 0 fully saturated rings. The normalized spacial score (nSPS) is 10.4. The van der Waals surface area contributed by atoms with Crippen LogP contribution in [0.2, 0.25) is 0 Å². The molecule has 0 aliphatic carbocycles. The van der Waals surface area contributed by atoms with E-state index in [-0.39, 0.29) is 12.3 Å². The van der Waals surface area contributed by atoms with Crippen LogP contribution >= 0.6 is 0 Å². The Morgan fingerprint density at radius 2 is 1.75 bits per heavy atom. The Kier molecular flexibility index (Phi) is 4.52. The van der Waals surface area contributed by atoms with Crippen LogP contribution in [0.5, 0.6) is 0 Å². The number of hydrogen-bond acceptors (Lipinski definition) is 4. The Labute approximate surface area is 140 Å². The molecule has 1 aromatic heterocycles. The number of rotatable bonds is 5. The summed E-state index contributed by atoms with van der Waals surface area (Å²) in [6.45, 7) is 5.64. The number of hydrogen-bond donors (Lipinski definition) is 0. The molecule has 0 bridgehead atoms. The molecule has 0 aliphatic heterocycles. The SMILES string of the molecule is C=Nc1c(C(=O)OCC)nn(-c2ccccc2)c1-c1ccccc1. The molecule has 120 valence electrons. The Morgan fingerprint density at radius 1 is 1.12 bits per heavy atom. The second-order valence-electron chi connectivity index (χ2n) is 5.04. The van der Waals surface area contributed by atoms with Crippen LogP contribution in [-0.4, -0.2) is 29.1 Å². The van der Waals surface area contributed by atoms with E-state index < -0.39 is 5.97 Å². The molecule has 0 aliphatic rings. The van der Waals surface area contributed by atoms with Crippen molar-refractivity contribution < 1.29 is 9.53 Å². The molecule has 5 heteroatoms. The van der Waals surface area contributed by atoms with Gasteiger partial charge in [0.1, 0.15) is 11.4 Å². The topological polar surface area (TPSA) is 56.5 Å². The van der Waals surface area contributed by atoms with E-state index in [1.165, 1.54) is 0 Å². The van der Waals surface area contributed by atoms with Gasteiger partial charge in [-0.25, -0.2) is 9.48 Å². The summed E-state index contributed by atoms with van der Waals surface area (Å²) < 4.78 is 6.81. The third kappa shape index (κ3) is 2.84. The zero-order valence-corrected chi connectivity index (χ0v) is 13.3. The van der Waals surface area contributed by atoms with Gasteiger partial charge in [0.25, 0.3) is 0 Å². The number of ether oxygens (including phenoxy) is 1. The van der Waals surface area contributed by atoms with Gasteiger partial charge in [0, 0.05) is 5.56 Å². The molecule has 5 nitrogen and oxygen atoms in total. The minimum absolute atomic E-state index is 0.162. The van der Waals surface area contributed by atoms with Crippen molar-refractivity contribution in [3.63, 3.8) is 0 Å². The lowest BCUT2D eigenvalue weighted by atomic mass is 10.1. The molecule has 0 saturated carbocycles. The van der Waals surface area contributed by atoms with E-state index >= 15 is 0 Å². The van der Waals surface area contributed by atoms with Crippen molar-refractivity contribution in [1.82, 2.24) is 9.78 Å². The van der Waals surface area contributed by atoms with Crippen LogP contribution in [0.25, 0.3) is 16.9 Å². The van der Waals surface area contributed by atoms with E-state index in [0.29, 0.717) is 11.4 Å². The average Bonchev–Trinajstić information content (AvgIpc) is 3.03. The lowest BCUT2D eigenvalue weighted by Crippen LogP contribution is -2.07. The average molecular weight is 319 g/mol. The van der Waals surface area contributed by atoms with Crippen LogP contribution in [0.1, 0.15) is 17.4 Å². The maximum atomic E-state index is 12.3. The zero-order valence-electron chi connectivity index (χ0n) is 13.3. The van der Waals surface area contributed by atoms with E-state index in [0.717, 1.165) is 11.3 Å². The standard InChI is InChI=1S/C19H17N3O2/c1-3-24-19(23)17-16(20-2)18(14-10-6-4-7-11-14)22(21-17)15-12-8-5-9-13-15/h4-13H,2-3H2,1H3. The van der Waals surface area contributed by atoms with Gasteiger partial charge in [-0.3, -0.25) is 4.99 Å². The first-order valence-corrected chi connectivity index (χ1v) is 7.64. The molecule has 2 aromatic carbocycles. The number of para-hydroxylation sites is 1. The van der Waals surface area contributed by atoms with E-state index in [1.54, 1.807) is 11.6 Å². The van der Waals surface area contributed by atoms with Crippen molar-refractivity contribution in [1.29, 1.82) is 0 Å². The van der Waals surface area contributed by atoms with Gasteiger partial charge in [0.05, 0.1) is 12.3 Å². The van der Waals surface area contributed by atoms with Crippen LogP contribution in [0.4, 0.5) is 5.69 Å². The number of nitrogens with zero attached hydrogens (tertiary/aromatic N) is 3. The summed E-state index contributed by atoms with van der Waals surface area (Å²) in [5.74, 6) is -0.508. The molecule has 0 saturated heterocycles. The predicted octanol–water partition coefficient (Wildman–Crippen LogP) is 4.05. The summed E-state index contributed by atoms with van der Waals surface area (Å²) in [7, 11) is 0. The fourth-order valence-corrected chi connectivity index (χ4v) is 2.51. The van der Waals surface area contributed by atoms with Gasteiger partial charge in [-0.05, 0) is 25.8 Å². The fourth-order valence-electron chi connectivity index (χ4n) is 2.51. The molecule has 3 aromatic rings. The highest BCUT2D eigenvalue weighted by molar-refractivity contribution is 5.97. The first-order valence-electron chi connectivity index (χ1n) is 7.64. The van der Waals surface area contributed by atoms with Gasteiger partial charge >= 0.3 is 5.97 Å². The van der Waals surface area contributed by atoms with E-state index in [9.17, 15) is 4.79 Å². The second kappa shape index (κ2) is 6.91. The van der Waals surface area contributed by atoms with Gasteiger partial charge in [-0.15, -0.1) is 0 Å². The molecule has 24 heavy (non-hydrogen) atoms. The highest BCUT2D eigenvalue weighted by Gasteiger charge is 2.25. The summed E-state index contributed by atoms with van der Waals surface area (Å²) in [5.41, 5.74) is 3.02. The van der Waals surface area contributed by atoms with Gasteiger partial charge in [-0.1, -0.05) is 48.5 Å². The number of carbonyl (C=O) groups is 1. The molecule has 1 heterocycles. The second-order valence-corrected chi connectivity index (χ2v) is 5.04. The molecule has 0 amide bonds. The molecule has 3 rings (SSSR count). The lowest BCUT2D eigenvalue weighted by Gasteiger charge is -2.08. The number of aliphatic imine (C=N–C) groups is 1. The molecular weight excluding hydrogens is 302 g/mol. The largest absolute Gasteiger partial charge is 0.461 e. The quantitative estimate of drug-likeness (QED) is 0.526. The van der Waals surface area contributed by atoms with Crippen LogP contribution in [0.15, 0.2) is 65.7 Å². The molecule has 0 spiro atoms. The summed E-state index contributed by atoms with van der Waals surface area (Å²) in [6.07, 6.45) is 0. The van der Waals surface area contributed by atoms with Crippen LogP contribution in [0.3, 0.4) is 0 Å². The Balaban J connectivity index is 2.28. The Morgan fingerprint density at radius 3 is 2.33 bits per heavy atom. The van der Waals surface area contributed by atoms with Crippen LogP contribution < -0.4 is 0 Å². The summed E-state index contributed by atoms with van der Waals surface area (Å²) >= 11 is 0. The zero-order chi connectivity index (χ0) is 16.9. The highest BCUT2D eigenvalue weighted by Crippen LogP contribution is 2.35. The van der Waals surface area contributed by atoms with Gasteiger partial charge in [0.15, 0.2) is 5.69 Å². The van der Waals surface area contributed by atoms with E-state index in [1.807, 2.05) is 60.7 Å². The van der Waals surface area contributed by atoms with E-state index in [2.05, 4.69) is 16.8 Å². The van der Waals surface area contributed by atoms with Crippen LogP contribution in [-0.2, 0) is 4.74 Å². The summed E-state index contributed by atoms with van der Waals surface area (Å²) in [5, 5.41) is 4.45. The first-order chi connectivity index (χ1) is 11.8. The first kappa shape index (κ1) is 15.7. The van der Waals surface area contributed by atoms with Gasteiger partial charge < -0.3 is 4.74 Å². The number of esters is 1. The monoisotopic (exact) mass is 319 g/mol. The fraction of sp³-hybridized carbons (Fsp3) is 0.105. The maximum Gasteiger partial charge on any atom is 0.361 e. The molecular formula is C19H17N3O2. The van der Waals surface area contributed by atoms with Crippen LogP contribution in [0, 0.1) is 0 Å². The summed E-state index contributed by atoms with van der Waals surface area (Å²) in [4.78, 5) is 16.3. The van der Waals surface area contributed by atoms with Crippen molar-refractivity contribution in [2.24, 2.45) is 4.99 Å². The third-order valence-electron chi connectivity index (χ3n) is 3.54. The molecule has 0 N–H and O–H groups in total. The summed E-state index contributed by atoms with van der Waals surface area (Å²) in [6, 6.07) is 19.3.